The van der Waals surface area contributed by atoms with E-state index in [2.05, 4.69) is 6.92 Å². The number of Topliss-reactive ketones (excluding diaryl/α,β-unsaturated/α-hetero) is 1. The van der Waals surface area contributed by atoms with Crippen LogP contribution in [0.3, 0.4) is 0 Å². The fourth-order valence-corrected chi connectivity index (χ4v) is 7.20. The van der Waals surface area contributed by atoms with Gasteiger partial charge in [-0.05, 0) is 74.0 Å². The van der Waals surface area contributed by atoms with Gasteiger partial charge in [0.25, 0.3) is 0 Å². The van der Waals surface area contributed by atoms with Crippen LogP contribution in [0.25, 0.3) is 0 Å². The molecule has 4 rings (SSSR count). The number of aliphatic hydroxyl groups excluding tert-OH is 1. The van der Waals surface area contributed by atoms with Crippen LogP contribution >= 0.6 is 0 Å². The Morgan fingerprint density at radius 3 is 2.64 bits per heavy atom. The van der Waals surface area contributed by atoms with Crippen molar-refractivity contribution in [3.8, 4) is 0 Å². The van der Waals surface area contributed by atoms with E-state index in [1.165, 1.54) is 19.3 Å². The summed E-state index contributed by atoms with van der Waals surface area (Å²) in [5.74, 6) is 2.92. The highest BCUT2D eigenvalue weighted by molar-refractivity contribution is 5.79. The highest BCUT2D eigenvalue weighted by Crippen LogP contribution is 2.66. The molecule has 4 saturated carbocycles. The summed E-state index contributed by atoms with van der Waals surface area (Å²) in [7, 11) is 0. The SMILES string of the molecule is C[C@]12CCC(=O)CC1CC[C@H]1[C@@H]3CCC[C@@]3(C(O)O)CC[C@@H]12. The molecule has 3 heteroatoms. The van der Waals surface area contributed by atoms with E-state index in [1.807, 2.05) is 0 Å². The maximum Gasteiger partial charge on any atom is 0.157 e. The second-order valence-corrected chi connectivity index (χ2v) is 8.94. The predicted molar refractivity (Wildman–Crippen MR) is 83.9 cm³/mol. The van der Waals surface area contributed by atoms with Crippen LogP contribution in [0, 0.1) is 34.5 Å². The van der Waals surface area contributed by atoms with Crippen molar-refractivity contribution in [2.75, 3.05) is 0 Å². The molecule has 0 aromatic rings. The van der Waals surface area contributed by atoms with Gasteiger partial charge in [-0.2, -0.15) is 0 Å². The lowest BCUT2D eigenvalue weighted by atomic mass is 9.45. The largest absolute Gasteiger partial charge is 0.368 e. The predicted octanol–water partition coefficient (Wildman–Crippen LogP) is 3.28. The van der Waals surface area contributed by atoms with Gasteiger partial charge in [0.15, 0.2) is 6.29 Å². The Morgan fingerprint density at radius 1 is 1.05 bits per heavy atom. The Balaban J connectivity index is 1.64. The minimum absolute atomic E-state index is 0.213. The van der Waals surface area contributed by atoms with Crippen molar-refractivity contribution in [2.45, 2.75) is 77.4 Å². The molecular weight excluding hydrogens is 276 g/mol. The molecule has 4 fully saturated rings. The van der Waals surface area contributed by atoms with E-state index in [0.29, 0.717) is 34.9 Å². The van der Waals surface area contributed by atoms with Crippen molar-refractivity contribution >= 4 is 5.78 Å². The number of aliphatic hydroxyl groups is 2. The molecule has 4 aliphatic carbocycles. The highest BCUT2D eigenvalue weighted by Gasteiger charge is 2.60. The quantitative estimate of drug-likeness (QED) is 0.731. The fraction of sp³-hybridized carbons (Fsp3) is 0.947. The summed E-state index contributed by atoms with van der Waals surface area (Å²) in [6.07, 6.45) is 9.34. The molecule has 22 heavy (non-hydrogen) atoms. The summed E-state index contributed by atoms with van der Waals surface area (Å²) in [6.45, 7) is 2.44. The molecule has 0 bridgehead atoms. The zero-order valence-corrected chi connectivity index (χ0v) is 13.8. The normalized spacial score (nSPS) is 51.4. The van der Waals surface area contributed by atoms with Gasteiger partial charge in [0, 0.05) is 18.3 Å². The number of carbonyl (C=O) groups excluding carboxylic acids is 1. The Kier molecular flexibility index (Phi) is 3.47. The molecule has 0 spiro atoms. The number of carbonyl (C=O) groups is 1. The lowest BCUT2D eigenvalue weighted by Crippen LogP contribution is -2.55. The van der Waals surface area contributed by atoms with Crippen molar-refractivity contribution in [2.24, 2.45) is 34.5 Å². The van der Waals surface area contributed by atoms with E-state index < -0.39 is 6.29 Å². The number of rotatable bonds is 1. The molecule has 0 radical (unpaired) electrons. The van der Waals surface area contributed by atoms with Gasteiger partial charge in [-0.15, -0.1) is 0 Å². The van der Waals surface area contributed by atoms with E-state index in [0.717, 1.165) is 44.9 Å². The molecule has 1 unspecified atom stereocenters. The first-order valence-corrected chi connectivity index (χ1v) is 9.35. The number of ketones is 1. The summed E-state index contributed by atoms with van der Waals surface area (Å²) in [5.41, 5.74) is 0.112. The lowest BCUT2D eigenvalue weighted by molar-refractivity contribution is -0.200. The van der Waals surface area contributed by atoms with Crippen LogP contribution in [0.5, 0.6) is 0 Å². The van der Waals surface area contributed by atoms with Crippen LogP contribution in [0.4, 0.5) is 0 Å². The highest BCUT2D eigenvalue weighted by atomic mass is 16.5. The molecule has 0 aliphatic heterocycles. The standard InChI is InChI=1S/C19H30O3/c1-18-9-6-13(20)11-12(18)4-5-14-15(18)7-10-19(17(21)22)8-2-3-16(14)19/h12,14-17,21-22H,2-11H2,1H3/t12?,14-,15+,16+,18+,19-/m1/s1. The maximum absolute atomic E-state index is 11.9. The zero-order chi connectivity index (χ0) is 15.5. The van der Waals surface area contributed by atoms with Crippen LogP contribution in [0.1, 0.15) is 71.1 Å². The lowest BCUT2D eigenvalue weighted by Gasteiger charge is -2.60. The summed E-state index contributed by atoms with van der Waals surface area (Å²) in [6, 6.07) is 0. The van der Waals surface area contributed by atoms with E-state index in [1.54, 1.807) is 0 Å². The smallest absolute Gasteiger partial charge is 0.157 e. The zero-order valence-electron chi connectivity index (χ0n) is 13.8. The van der Waals surface area contributed by atoms with Gasteiger partial charge in [0.2, 0.25) is 0 Å². The Morgan fingerprint density at radius 2 is 1.86 bits per heavy atom. The van der Waals surface area contributed by atoms with Crippen LogP contribution in [-0.2, 0) is 4.79 Å². The first-order chi connectivity index (χ1) is 10.5. The second kappa shape index (κ2) is 5.04. The molecule has 0 amide bonds. The molecule has 6 atom stereocenters. The van der Waals surface area contributed by atoms with E-state index in [4.69, 9.17) is 0 Å². The third-order valence-electron chi connectivity index (χ3n) is 8.41. The van der Waals surface area contributed by atoms with Gasteiger partial charge in [-0.1, -0.05) is 13.3 Å². The molecule has 0 heterocycles. The first-order valence-electron chi connectivity index (χ1n) is 9.35. The van der Waals surface area contributed by atoms with Gasteiger partial charge in [-0.3, -0.25) is 4.79 Å². The molecule has 0 saturated heterocycles. The van der Waals surface area contributed by atoms with Gasteiger partial charge in [0.05, 0.1) is 0 Å². The van der Waals surface area contributed by atoms with Crippen LogP contribution in [-0.4, -0.2) is 22.3 Å². The minimum atomic E-state index is -1.14. The fourth-order valence-electron chi connectivity index (χ4n) is 7.20. The van der Waals surface area contributed by atoms with Crippen LogP contribution in [0.2, 0.25) is 0 Å². The van der Waals surface area contributed by atoms with Gasteiger partial charge in [-0.25, -0.2) is 0 Å². The number of hydrogen-bond donors (Lipinski definition) is 2. The molecule has 0 aromatic carbocycles. The third-order valence-corrected chi connectivity index (χ3v) is 8.41. The van der Waals surface area contributed by atoms with Crippen LogP contribution < -0.4 is 0 Å². The van der Waals surface area contributed by atoms with E-state index in [-0.39, 0.29) is 5.41 Å². The molecule has 4 aliphatic rings. The van der Waals surface area contributed by atoms with Crippen LogP contribution in [0.15, 0.2) is 0 Å². The molecule has 2 N–H and O–H groups in total. The topological polar surface area (TPSA) is 57.5 Å². The Bertz CT molecular complexity index is 473. The van der Waals surface area contributed by atoms with Crippen molar-refractivity contribution in [3.05, 3.63) is 0 Å². The molecular formula is C19H30O3. The third kappa shape index (κ3) is 1.91. The second-order valence-electron chi connectivity index (χ2n) is 8.94. The summed E-state index contributed by atoms with van der Waals surface area (Å²) < 4.78 is 0. The van der Waals surface area contributed by atoms with E-state index in [9.17, 15) is 15.0 Å². The Hall–Kier alpha value is -0.410. The Labute approximate surface area is 133 Å². The first kappa shape index (κ1) is 15.1. The van der Waals surface area contributed by atoms with Gasteiger partial charge >= 0.3 is 0 Å². The van der Waals surface area contributed by atoms with Gasteiger partial charge < -0.3 is 10.2 Å². The summed E-state index contributed by atoms with van der Waals surface area (Å²) in [5, 5.41) is 20.1. The average molecular weight is 306 g/mol. The number of hydrogen-bond acceptors (Lipinski definition) is 3. The monoisotopic (exact) mass is 306 g/mol. The van der Waals surface area contributed by atoms with Crippen molar-refractivity contribution in [3.63, 3.8) is 0 Å². The number of fused-ring (bicyclic) bond motifs is 5. The van der Waals surface area contributed by atoms with E-state index >= 15 is 0 Å². The molecule has 3 nitrogen and oxygen atoms in total. The maximum atomic E-state index is 11.9. The van der Waals surface area contributed by atoms with Crippen molar-refractivity contribution < 1.29 is 15.0 Å². The molecule has 0 aromatic heterocycles. The summed E-state index contributed by atoms with van der Waals surface area (Å²) >= 11 is 0. The minimum Gasteiger partial charge on any atom is -0.368 e. The summed E-state index contributed by atoms with van der Waals surface area (Å²) in [4.78, 5) is 11.9. The van der Waals surface area contributed by atoms with Crippen molar-refractivity contribution in [1.29, 1.82) is 0 Å². The van der Waals surface area contributed by atoms with Crippen molar-refractivity contribution in [1.82, 2.24) is 0 Å². The molecule has 124 valence electrons. The van der Waals surface area contributed by atoms with Gasteiger partial charge in [0.1, 0.15) is 5.78 Å². The average Bonchev–Trinajstić information content (AvgIpc) is 2.93.